The van der Waals surface area contributed by atoms with Crippen LogP contribution < -0.4 is 5.32 Å². The summed E-state index contributed by atoms with van der Waals surface area (Å²) in [5, 5.41) is 17.6. The highest BCUT2D eigenvalue weighted by molar-refractivity contribution is 5.94. The number of para-hydroxylation sites is 1. The summed E-state index contributed by atoms with van der Waals surface area (Å²) < 4.78 is 7.83. The lowest BCUT2D eigenvalue weighted by Crippen LogP contribution is -2.27. The molecule has 0 saturated carbocycles. The second-order valence-corrected chi connectivity index (χ2v) is 7.53. The van der Waals surface area contributed by atoms with E-state index < -0.39 is 0 Å². The van der Waals surface area contributed by atoms with Crippen LogP contribution in [0.3, 0.4) is 0 Å². The summed E-state index contributed by atoms with van der Waals surface area (Å²) in [6.07, 6.45) is 1.99. The summed E-state index contributed by atoms with van der Waals surface area (Å²) in [7, 11) is 0. The van der Waals surface area contributed by atoms with Crippen molar-refractivity contribution in [3.05, 3.63) is 71.0 Å². The lowest BCUT2D eigenvalue weighted by Gasteiger charge is -2.21. The molecule has 2 aromatic carbocycles. The fourth-order valence-corrected chi connectivity index (χ4v) is 3.88. The third-order valence-corrected chi connectivity index (χ3v) is 5.63. The van der Waals surface area contributed by atoms with Crippen LogP contribution in [0.25, 0.3) is 5.69 Å². The Morgan fingerprint density at radius 1 is 1.14 bits per heavy atom. The van der Waals surface area contributed by atoms with E-state index in [9.17, 15) is 9.90 Å². The maximum absolute atomic E-state index is 13.1. The van der Waals surface area contributed by atoms with Gasteiger partial charge in [-0.2, -0.15) is 5.10 Å². The Bertz CT molecular complexity index is 1060. The number of phenols is 1. The first-order valence-electron chi connectivity index (χ1n) is 9.79. The van der Waals surface area contributed by atoms with Crippen molar-refractivity contribution in [2.75, 3.05) is 11.9 Å². The zero-order chi connectivity index (χ0) is 20.5. The predicted octanol–water partition coefficient (Wildman–Crippen LogP) is 4.22. The van der Waals surface area contributed by atoms with Gasteiger partial charge < -0.3 is 15.2 Å². The molecule has 0 unspecified atom stereocenters. The molecule has 0 aliphatic carbocycles. The number of carbonyl (C=O) groups is 1. The molecular formula is C23H25N3O3. The summed E-state index contributed by atoms with van der Waals surface area (Å²) >= 11 is 0. The highest BCUT2D eigenvalue weighted by Crippen LogP contribution is 2.37. The highest BCUT2D eigenvalue weighted by Gasteiger charge is 2.37. The van der Waals surface area contributed by atoms with Crippen LogP contribution in [0.2, 0.25) is 0 Å². The minimum absolute atomic E-state index is 0.114. The number of carbonyl (C=O) groups excluding carboxylic acids is 1. The number of hydrogen-bond acceptors (Lipinski definition) is 4. The van der Waals surface area contributed by atoms with Crippen molar-refractivity contribution in [1.29, 1.82) is 0 Å². The van der Waals surface area contributed by atoms with E-state index in [-0.39, 0.29) is 23.7 Å². The molecule has 1 aromatic heterocycles. The summed E-state index contributed by atoms with van der Waals surface area (Å²) in [6.45, 7) is 6.18. The predicted molar refractivity (Wildman–Crippen MR) is 111 cm³/mol. The number of aryl methyl sites for hydroxylation is 2. The number of hydrogen-bond donors (Lipinski definition) is 2. The van der Waals surface area contributed by atoms with Crippen molar-refractivity contribution < 1.29 is 14.6 Å². The third-order valence-electron chi connectivity index (χ3n) is 5.63. The topological polar surface area (TPSA) is 76.4 Å². The van der Waals surface area contributed by atoms with Gasteiger partial charge in [0, 0.05) is 24.1 Å². The Morgan fingerprint density at radius 2 is 1.93 bits per heavy atom. The smallest absolute Gasteiger partial charge is 0.230 e. The number of ether oxygens (including phenoxy) is 1. The Hall–Kier alpha value is -3.12. The van der Waals surface area contributed by atoms with E-state index in [0.717, 1.165) is 22.5 Å². The summed E-state index contributed by atoms with van der Waals surface area (Å²) in [5.41, 5.74) is 5.00. The van der Waals surface area contributed by atoms with Crippen LogP contribution in [-0.2, 0) is 9.53 Å². The van der Waals surface area contributed by atoms with Gasteiger partial charge in [0.05, 0.1) is 17.3 Å². The maximum Gasteiger partial charge on any atom is 0.230 e. The van der Waals surface area contributed by atoms with Gasteiger partial charge in [-0.15, -0.1) is 0 Å². The van der Waals surface area contributed by atoms with Gasteiger partial charge in [-0.05, 0) is 56.5 Å². The minimum Gasteiger partial charge on any atom is -0.507 e. The molecule has 150 valence electrons. The molecule has 2 heterocycles. The van der Waals surface area contributed by atoms with Crippen LogP contribution in [0.15, 0.2) is 48.7 Å². The van der Waals surface area contributed by atoms with E-state index in [1.165, 1.54) is 0 Å². The maximum atomic E-state index is 13.1. The van der Waals surface area contributed by atoms with Gasteiger partial charge in [0.1, 0.15) is 11.9 Å². The molecule has 0 radical (unpaired) electrons. The average molecular weight is 391 g/mol. The molecule has 0 bridgehead atoms. The van der Waals surface area contributed by atoms with Crippen molar-refractivity contribution in [2.24, 2.45) is 5.92 Å². The first-order valence-corrected chi connectivity index (χ1v) is 9.79. The Morgan fingerprint density at radius 3 is 2.72 bits per heavy atom. The Labute approximate surface area is 170 Å². The van der Waals surface area contributed by atoms with Gasteiger partial charge in [-0.1, -0.05) is 24.3 Å². The molecular weight excluding hydrogens is 366 g/mol. The number of phenolic OH excluding ortho intramolecular Hbond substituents is 1. The molecule has 2 atom stereocenters. The number of benzene rings is 2. The average Bonchev–Trinajstić information content (AvgIpc) is 3.37. The largest absolute Gasteiger partial charge is 0.507 e. The van der Waals surface area contributed by atoms with E-state index in [4.69, 9.17) is 4.74 Å². The molecule has 1 amide bonds. The van der Waals surface area contributed by atoms with Crippen LogP contribution in [0.5, 0.6) is 5.75 Å². The van der Waals surface area contributed by atoms with Crippen LogP contribution >= 0.6 is 0 Å². The molecule has 1 fully saturated rings. The van der Waals surface area contributed by atoms with Crippen LogP contribution in [0, 0.1) is 26.7 Å². The van der Waals surface area contributed by atoms with E-state index in [1.807, 2.05) is 54.9 Å². The number of nitrogens with one attached hydrogen (secondary N) is 1. The van der Waals surface area contributed by atoms with Gasteiger partial charge >= 0.3 is 0 Å². The van der Waals surface area contributed by atoms with Crippen molar-refractivity contribution in [2.45, 2.75) is 33.3 Å². The normalized spacial score (nSPS) is 18.7. The summed E-state index contributed by atoms with van der Waals surface area (Å²) in [4.78, 5) is 13.1. The molecule has 6 heteroatoms. The number of rotatable bonds is 4. The van der Waals surface area contributed by atoms with Crippen molar-refractivity contribution in [1.82, 2.24) is 9.78 Å². The second-order valence-electron chi connectivity index (χ2n) is 7.53. The van der Waals surface area contributed by atoms with Crippen LogP contribution in [0.4, 0.5) is 5.69 Å². The number of aromatic nitrogens is 2. The summed E-state index contributed by atoms with van der Waals surface area (Å²) in [5.74, 6) is -0.242. The van der Waals surface area contributed by atoms with Crippen molar-refractivity contribution in [3.8, 4) is 11.4 Å². The third kappa shape index (κ3) is 3.51. The molecule has 6 nitrogen and oxygen atoms in total. The van der Waals surface area contributed by atoms with Gasteiger partial charge in [-0.3, -0.25) is 4.79 Å². The number of nitrogens with zero attached hydrogens (tertiary/aromatic N) is 2. The lowest BCUT2D eigenvalue weighted by molar-refractivity contribution is -0.121. The molecule has 1 saturated heterocycles. The number of anilines is 1. The molecule has 1 aliphatic rings. The number of aromatic hydroxyl groups is 1. The van der Waals surface area contributed by atoms with Crippen molar-refractivity contribution >= 4 is 11.6 Å². The first kappa shape index (κ1) is 19.2. The Kier molecular flexibility index (Phi) is 5.11. The van der Waals surface area contributed by atoms with Crippen LogP contribution in [0.1, 0.15) is 34.9 Å². The molecule has 2 N–H and O–H groups in total. The molecule has 29 heavy (non-hydrogen) atoms. The van der Waals surface area contributed by atoms with E-state index in [0.29, 0.717) is 24.3 Å². The quantitative estimate of drug-likeness (QED) is 0.698. The number of amides is 1. The standard InChI is InChI=1S/C23H25N3O3/c1-14-6-4-5-7-19(14)26-20(10-12-24-26)22-17(11-13-29-22)23(28)25-18-9-8-15(2)21(27)16(18)3/h4-10,12,17,22,27H,11,13H2,1-3H3,(H,25,28)/t17-,22-/m0/s1. The highest BCUT2D eigenvalue weighted by atomic mass is 16.5. The molecule has 3 aromatic rings. The van der Waals surface area contributed by atoms with Crippen molar-refractivity contribution in [3.63, 3.8) is 0 Å². The zero-order valence-corrected chi connectivity index (χ0v) is 16.8. The fraction of sp³-hybridized carbons (Fsp3) is 0.304. The zero-order valence-electron chi connectivity index (χ0n) is 16.8. The van der Waals surface area contributed by atoms with Crippen LogP contribution in [-0.4, -0.2) is 27.4 Å². The van der Waals surface area contributed by atoms with Gasteiger partial charge in [0.2, 0.25) is 5.91 Å². The molecule has 0 spiro atoms. The van der Waals surface area contributed by atoms with E-state index in [2.05, 4.69) is 10.4 Å². The minimum atomic E-state index is -0.378. The molecule has 1 aliphatic heterocycles. The SMILES string of the molecule is Cc1ccccc1-n1nccc1[C@H]1OCC[C@@H]1C(=O)Nc1ccc(C)c(O)c1C. The van der Waals surface area contributed by atoms with Gasteiger partial charge in [0.25, 0.3) is 0 Å². The summed E-state index contributed by atoms with van der Waals surface area (Å²) in [6, 6.07) is 13.5. The monoisotopic (exact) mass is 391 g/mol. The second kappa shape index (κ2) is 7.72. The lowest BCUT2D eigenvalue weighted by atomic mass is 9.97. The molecule has 4 rings (SSSR count). The van der Waals surface area contributed by atoms with Gasteiger partial charge in [-0.25, -0.2) is 4.68 Å². The van der Waals surface area contributed by atoms with Gasteiger partial charge in [0.15, 0.2) is 0 Å². The first-order chi connectivity index (χ1) is 14.0. The van der Waals surface area contributed by atoms with E-state index in [1.54, 1.807) is 19.2 Å². The fourth-order valence-electron chi connectivity index (χ4n) is 3.88. The Balaban J connectivity index is 1.61. The van der Waals surface area contributed by atoms with E-state index >= 15 is 0 Å².